The number of aldehydes is 1. The van der Waals surface area contributed by atoms with Gasteiger partial charge in [-0.2, -0.15) is 0 Å². The Balaban J connectivity index is 3.76. The van der Waals surface area contributed by atoms with E-state index < -0.39 is 18.8 Å². The highest BCUT2D eigenvalue weighted by atomic mass is 16.4. The van der Waals surface area contributed by atoms with Crippen molar-refractivity contribution in [2.45, 2.75) is 5.60 Å². The second-order valence-electron chi connectivity index (χ2n) is 1.54. The largest absolute Gasteiger partial charge is 0.393 e. The van der Waals surface area contributed by atoms with Gasteiger partial charge in [-0.05, 0) is 0 Å². The summed E-state index contributed by atoms with van der Waals surface area (Å²) in [5.74, 6) is 0. The predicted octanol–water partition coefficient (Wildman–Crippen LogP) is -2.10. The number of hydrogen-bond acceptors (Lipinski definition) is 4. The molecule has 0 spiro atoms. The van der Waals surface area contributed by atoms with Gasteiger partial charge in [0.25, 0.3) is 0 Å². The van der Waals surface area contributed by atoms with Gasteiger partial charge in [0.1, 0.15) is 0 Å². The number of carbonyl (C=O) groups is 1. The van der Waals surface area contributed by atoms with Gasteiger partial charge in [-0.25, -0.2) is 0 Å². The van der Waals surface area contributed by atoms with Crippen molar-refractivity contribution in [1.29, 1.82) is 0 Å². The maximum Gasteiger partial charge on any atom is 0.165 e. The van der Waals surface area contributed by atoms with Crippen LogP contribution < -0.4 is 0 Å². The molecule has 0 radical (unpaired) electrons. The fraction of sp³-hybridized carbons (Fsp3) is 0.750. The van der Waals surface area contributed by atoms with E-state index in [-0.39, 0.29) is 6.29 Å². The van der Waals surface area contributed by atoms with Crippen LogP contribution in [0.4, 0.5) is 0 Å². The molecule has 48 valence electrons. The van der Waals surface area contributed by atoms with E-state index in [1.165, 1.54) is 0 Å². The van der Waals surface area contributed by atoms with E-state index in [2.05, 4.69) is 0 Å². The van der Waals surface area contributed by atoms with Crippen molar-refractivity contribution >= 4 is 6.29 Å². The molecule has 0 aromatic carbocycles. The van der Waals surface area contributed by atoms with Gasteiger partial charge in [0.05, 0.1) is 13.2 Å². The number of aliphatic hydroxyl groups is 3. The third-order valence-corrected chi connectivity index (χ3v) is 0.767. The highest BCUT2D eigenvalue weighted by Gasteiger charge is 2.23. The van der Waals surface area contributed by atoms with Gasteiger partial charge in [0, 0.05) is 0 Å². The first-order valence-electron chi connectivity index (χ1n) is 2.09. The quantitative estimate of drug-likeness (QED) is 0.373. The van der Waals surface area contributed by atoms with E-state index in [0.717, 1.165) is 0 Å². The van der Waals surface area contributed by atoms with Gasteiger partial charge >= 0.3 is 0 Å². The van der Waals surface area contributed by atoms with Crippen LogP contribution in [-0.4, -0.2) is 40.4 Å². The zero-order chi connectivity index (χ0) is 6.62. The van der Waals surface area contributed by atoms with E-state index in [1.54, 1.807) is 0 Å². The molecule has 0 aliphatic heterocycles. The smallest absolute Gasteiger partial charge is 0.165 e. The van der Waals surface area contributed by atoms with Crippen LogP contribution in [0.1, 0.15) is 0 Å². The number of rotatable bonds is 3. The van der Waals surface area contributed by atoms with Crippen LogP contribution in [0.5, 0.6) is 0 Å². The van der Waals surface area contributed by atoms with Crippen molar-refractivity contribution in [3.63, 3.8) is 0 Å². The lowest BCUT2D eigenvalue weighted by Crippen LogP contribution is -2.38. The lowest BCUT2D eigenvalue weighted by Gasteiger charge is -2.13. The molecule has 0 aromatic heterocycles. The molecule has 3 N–H and O–H groups in total. The molecule has 0 saturated carbocycles. The van der Waals surface area contributed by atoms with Gasteiger partial charge in [0.15, 0.2) is 11.9 Å². The maximum absolute atomic E-state index is 9.72. The maximum atomic E-state index is 9.72. The molecule has 0 unspecified atom stereocenters. The summed E-state index contributed by atoms with van der Waals surface area (Å²) < 4.78 is 0. The van der Waals surface area contributed by atoms with Gasteiger partial charge in [-0.1, -0.05) is 0 Å². The summed E-state index contributed by atoms with van der Waals surface area (Å²) >= 11 is 0. The minimum atomic E-state index is -1.94. The molecule has 0 aliphatic carbocycles. The summed E-state index contributed by atoms with van der Waals surface area (Å²) in [6.07, 6.45) is 0.104. The molecule has 0 bridgehead atoms. The first-order valence-corrected chi connectivity index (χ1v) is 2.09. The average molecular weight is 120 g/mol. The first-order chi connectivity index (χ1) is 3.68. The normalized spacial score (nSPS) is 11.4. The molecule has 0 saturated heterocycles. The van der Waals surface area contributed by atoms with Gasteiger partial charge in [0.2, 0.25) is 0 Å². The molecule has 4 nitrogen and oxygen atoms in total. The Kier molecular flexibility index (Phi) is 2.60. The van der Waals surface area contributed by atoms with Crippen LogP contribution in [0.2, 0.25) is 0 Å². The Bertz CT molecular complexity index is 76.1. The average Bonchev–Trinajstić information content (AvgIpc) is 1.87. The SMILES string of the molecule is O=CC(O)(CO)CO. The van der Waals surface area contributed by atoms with Crippen LogP contribution in [-0.2, 0) is 4.79 Å². The van der Waals surface area contributed by atoms with Gasteiger partial charge < -0.3 is 15.3 Å². The molecule has 0 amide bonds. The third-order valence-electron chi connectivity index (χ3n) is 0.767. The highest BCUT2D eigenvalue weighted by Crippen LogP contribution is 1.94. The summed E-state index contributed by atoms with van der Waals surface area (Å²) in [6.45, 7) is -1.49. The molecule has 0 fully saturated rings. The van der Waals surface area contributed by atoms with Crippen molar-refractivity contribution in [3.05, 3.63) is 0 Å². The second-order valence-corrected chi connectivity index (χ2v) is 1.54. The molecular weight excluding hydrogens is 112 g/mol. The van der Waals surface area contributed by atoms with Crippen LogP contribution in [0.3, 0.4) is 0 Å². The Hall–Kier alpha value is -0.450. The van der Waals surface area contributed by atoms with Crippen LogP contribution in [0.15, 0.2) is 0 Å². The van der Waals surface area contributed by atoms with Crippen LogP contribution in [0.25, 0.3) is 0 Å². The summed E-state index contributed by atoms with van der Waals surface area (Å²) in [4.78, 5) is 9.72. The molecule has 0 aliphatic rings. The molecule has 0 aromatic rings. The molecular formula is C4H8O4. The van der Waals surface area contributed by atoms with Crippen molar-refractivity contribution < 1.29 is 20.1 Å². The zero-order valence-corrected chi connectivity index (χ0v) is 4.24. The Labute approximate surface area is 46.4 Å². The topological polar surface area (TPSA) is 77.8 Å². The Morgan fingerprint density at radius 2 is 1.75 bits per heavy atom. The van der Waals surface area contributed by atoms with E-state index >= 15 is 0 Å². The molecule has 0 heterocycles. The minimum absolute atomic E-state index is 0.104. The number of carbonyl (C=O) groups excluding carboxylic acids is 1. The first kappa shape index (κ1) is 7.55. The molecule has 8 heavy (non-hydrogen) atoms. The van der Waals surface area contributed by atoms with Crippen molar-refractivity contribution in [2.24, 2.45) is 0 Å². The third kappa shape index (κ3) is 1.57. The second kappa shape index (κ2) is 2.76. The summed E-state index contributed by atoms with van der Waals surface area (Å²) in [7, 11) is 0. The van der Waals surface area contributed by atoms with Gasteiger partial charge in [-0.3, -0.25) is 4.79 Å². The van der Waals surface area contributed by atoms with Crippen molar-refractivity contribution in [1.82, 2.24) is 0 Å². The van der Waals surface area contributed by atoms with Crippen molar-refractivity contribution in [2.75, 3.05) is 13.2 Å². The monoisotopic (exact) mass is 120 g/mol. The van der Waals surface area contributed by atoms with E-state index in [9.17, 15) is 4.79 Å². The summed E-state index contributed by atoms with van der Waals surface area (Å²) in [6, 6.07) is 0. The molecule has 4 heteroatoms. The van der Waals surface area contributed by atoms with Crippen LogP contribution in [0, 0.1) is 0 Å². The standard InChI is InChI=1S/C4H8O4/c5-1-4(8,2-6)3-7/h1,6-8H,2-3H2. The molecule has 0 rings (SSSR count). The molecule has 0 atom stereocenters. The van der Waals surface area contributed by atoms with E-state index in [0.29, 0.717) is 0 Å². The fourth-order valence-corrected chi connectivity index (χ4v) is 0.125. The van der Waals surface area contributed by atoms with Crippen molar-refractivity contribution in [3.8, 4) is 0 Å². The van der Waals surface area contributed by atoms with Gasteiger partial charge in [-0.15, -0.1) is 0 Å². The fourth-order valence-electron chi connectivity index (χ4n) is 0.125. The number of hydrogen-bond donors (Lipinski definition) is 3. The minimum Gasteiger partial charge on any atom is -0.393 e. The summed E-state index contributed by atoms with van der Waals surface area (Å²) in [5.41, 5.74) is -1.94. The summed E-state index contributed by atoms with van der Waals surface area (Å²) in [5, 5.41) is 24.9. The van der Waals surface area contributed by atoms with Crippen LogP contribution >= 0.6 is 0 Å². The lowest BCUT2D eigenvalue weighted by atomic mass is 10.1. The Morgan fingerprint density at radius 1 is 1.38 bits per heavy atom. The lowest BCUT2D eigenvalue weighted by molar-refractivity contribution is -0.132. The predicted molar refractivity (Wildman–Crippen MR) is 25.2 cm³/mol. The van der Waals surface area contributed by atoms with E-state index in [4.69, 9.17) is 15.3 Å². The number of aliphatic hydroxyl groups excluding tert-OH is 2. The van der Waals surface area contributed by atoms with E-state index in [1.807, 2.05) is 0 Å². The zero-order valence-electron chi connectivity index (χ0n) is 4.24. The Morgan fingerprint density at radius 3 is 1.75 bits per heavy atom. The highest BCUT2D eigenvalue weighted by molar-refractivity contribution is 5.62.